The number of hydrogen-bond donors (Lipinski definition) is 1. The van der Waals surface area contributed by atoms with E-state index in [1.165, 1.54) is 0 Å². The lowest BCUT2D eigenvalue weighted by atomic mass is 10.0. The second kappa shape index (κ2) is 4.84. The Morgan fingerprint density at radius 2 is 2.05 bits per heavy atom. The van der Waals surface area contributed by atoms with Crippen LogP contribution in [0.3, 0.4) is 0 Å². The second-order valence-corrected chi connectivity index (χ2v) is 5.76. The van der Waals surface area contributed by atoms with Gasteiger partial charge in [-0.3, -0.25) is 14.6 Å². The zero-order valence-corrected chi connectivity index (χ0v) is 12.1. The first kappa shape index (κ1) is 13.5. The van der Waals surface area contributed by atoms with Gasteiger partial charge in [-0.1, -0.05) is 6.07 Å². The molecular weight excluding hydrogens is 266 g/mol. The summed E-state index contributed by atoms with van der Waals surface area (Å²) in [6, 6.07) is 9.53. The number of carbonyl (C=O) groups excluding carboxylic acids is 2. The van der Waals surface area contributed by atoms with Gasteiger partial charge in [0.1, 0.15) is 5.54 Å². The summed E-state index contributed by atoms with van der Waals surface area (Å²) in [4.78, 5) is 30.3. The summed E-state index contributed by atoms with van der Waals surface area (Å²) in [6.45, 7) is 3.85. The van der Waals surface area contributed by atoms with Crippen molar-refractivity contribution in [3.05, 3.63) is 36.5 Å². The minimum atomic E-state index is -0.891. The van der Waals surface area contributed by atoms with Gasteiger partial charge in [-0.05, 0) is 38.1 Å². The highest BCUT2D eigenvalue weighted by molar-refractivity contribution is 6.04. The Balaban J connectivity index is 2.03. The molecule has 0 spiro atoms. The van der Waals surface area contributed by atoms with Crippen molar-refractivity contribution in [1.82, 2.24) is 10.3 Å². The van der Waals surface area contributed by atoms with Gasteiger partial charge in [0.15, 0.2) is 0 Å². The number of aromatic nitrogens is 1. The lowest BCUT2D eigenvalue weighted by Gasteiger charge is -2.29. The van der Waals surface area contributed by atoms with E-state index in [9.17, 15) is 9.59 Å². The highest BCUT2D eigenvalue weighted by Crippen LogP contribution is 2.25. The molecule has 1 aromatic heterocycles. The van der Waals surface area contributed by atoms with Crippen molar-refractivity contribution in [1.29, 1.82) is 0 Å². The van der Waals surface area contributed by atoms with Crippen LogP contribution in [0, 0.1) is 0 Å². The van der Waals surface area contributed by atoms with Gasteiger partial charge in [-0.2, -0.15) is 0 Å². The fourth-order valence-electron chi connectivity index (χ4n) is 2.59. The van der Waals surface area contributed by atoms with Crippen LogP contribution < -0.4 is 10.2 Å². The van der Waals surface area contributed by atoms with Crippen molar-refractivity contribution in [3.8, 4) is 0 Å². The Morgan fingerprint density at radius 3 is 2.86 bits per heavy atom. The molecule has 0 aliphatic carbocycles. The standard InChI is InChI=1S/C16H17N3O2/c1-16(2)15(21)19(9-7-14(20)18-16)12-5-6-13-11(10-12)4-3-8-17-13/h3-6,8,10H,7,9H2,1-2H3,(H,18,20). The number of amides is 2. The molecule has 5 heteroatoms. The van der Waals surface area contributed by atoms with E-state index in [-0.39, 0.29) is 11.8 Å². The predicted molar refractivity (Wildman–Crippen MR) is 80.9 cm³/mol. The normalized spacial score (nSPS) is 18.5. The molecule has 3 rings (SSSR count). The Hall–Kier alpha value is -2.43. The molecule has 0 radical (unpaired) electrons. The molecule has 21 heavy (non-hydrogen) atoms. The number of carbonyl (C=O) groups is 2. The fraction of sp³-hybridized carbons (Fsp3) is 0.312. The third kappa shape index (κ3) is 2.46. The SMILES string of the molecule is CC1(C)NC(=O)CCN(c2ccc3ncccc3c2)C1=O. The van der Waals surface area contributed by atoms with Gasteiger partial charge in [-0.15, -0.1) is 0 Å². The molecule has 0 unspecified atom stereocenters. The van der Waals surface area contributed by atoms with E-state index in [0.29, 0.717) is 13.0 Å². The first-order valence-electron chi connectivity index (χ1n) is 6.95. The Bertz CT molecular complexity index is 724. The van der Waals surface area contributed by atoms with Crippen LogP contribution in [0.15, 0.2) is 36.5 Å². The van der Waals surface area contributed by atoms with Crippen molar-refractivity contribution in [3.63, 3.8) is 0 Å². The van der Waals surface area contributed by atoms with Gasteiger partial charge in [0.05, 0.1) is 5.52 Å². The van der Waals surface area contributed by atoms with E-state index >= 15 is 0 Å². The van der Waals surface area contributed by atoms with E-state index in [0.717, 1.165) is 16.6 Å². The summed E-state index contributed by atoms with van der Waals surface area (Å²) in [6.07, 6.45) is 2.05. The Labute approximate surface area is 123 Å². The maximum Gasteiger partial charge on any atom is 0.252 e. The lowest BCUT2D eigenvalue weighted by molar-refractivity contribution is -0.128. The number of rotatable bonds is 1. The molecule has 1 aliphatic rings. The molecule has 0 bridgehead atoms. The topological polar surface area (TPSA) is 62.3 Å². The van der Waals surface area contributed by atoms with Crippen molar-refractivity contribution >= 4 is 28.4 Å². The molecule has 5 nitrogen and oxygen atoms in total. The fourth-order valence-corrected chi connectivity index (χ4v) is 2.59. The van der Waals surface area contributed by atoms with E-state index in [1.54, 1.807) is 24.9 Å². The van der Waals surface area contributed by atoms with Crippen molar-refractivity contribution in [2.75, 3.05) is 11.4 Å². The van der Waals surface area contributed by atoms with Crippen LogP contribution in [-0.2, 0) is 9.59 Å². The first-order valence-corrected chi connectivity index (χ1v) is 6.95. The van der Waals surface area contributed by atoms with E-state index in [1.807, 2.05) is 30.3 Å². The zero-order valence-electron chi connectivity index (χ0n) is 12.1. The monoisotopic (exact) mass is 283 g/mol. The average Bonchev–Trinajstić information content (AvgIpc) is 2.55. The number of anilines is 1. The molecule has 2 aromatic rings. The number of nitrogens with one attached hydrogen (secondary N) is 1. The number of pyridine rings is 1. The maximum atomic E-state index is 12.6. The molecular formula is C16H17N3O2. The van der Waals surface area contributed by atoms with E-state index in [4.69, 9.17) is 0 Å². The Kier molecular flexibility index (Phi) is 3.12. The van der Waals surface area contributed by atoms with E-state index in [2.05, 4.69) is 10.3 Å². The van der Waals surface area contributed by atoms with Crippen LogP contribution in [0.25, 0.3) is 10.9 Å². The molecule has 108 valence electrons. The van der Waals surface area contributed by atoms with Crippen molar-refractivity contribution in [2.45, 2.75) is 25.8 Å². The summed E-state index contributed by atoms with van der Waals surface area (Å²) in [5, 5.41) is 3.74. The van der Waals surface area contributed by atoms with Gasteiger partial charge in [0, 0.05) is 30.2 Å². The minimum Gasteiger partial charge on any atom is -0.342 e. The molecule has 1 aromatic carbocycles. The summed E-state index contributed by atoms with van der Waals surface area (Å²) in [5.74, 6) is -0.199. The number of hydrogen-bond acceptors (Lipinski definition) is 3. The zero-order chi connectivity index (χ0) is 15.0. The second-order valence-electron chi connectivity index (χ2n) is 5.76. The van der Waals surface area contributed by atoms with Gasteiger partial charge in [-0.25, -0.2) is 0 Å². The highest BCUT2D eigenvalue weighted by Gasteiger charge is 2.37. The largest absolute Gasteiger partial charge is 0.342 e. The van der Waals surface area contributed by atoms with Gasteiger partial charge in [0.2, 0.25) is 5.91 Å². The molecule has 2 amide bonds. The van der Waals surface area contributed by atoms with Crippen molar-refractivity contribution < 1.29 is 9.59 Å². The number of benzene rings is 1. The summed E-state index contributed by atoms with van der Waals surface area (Å²) >= 11 is 0. The van der Waals surface area contributed by atoms with Crippen LogP contribution >= 0.6 is 0 Å². The number of nitrogens with zero attached hydrogens (tertiary/aromatic N) is 2. The molecule has 1 N–H and O–H groups in total. The summed E-state index contributed by atoms with van der Waals surface area (Å²) < 4.78 is 0. The highest BCUT2D eigenvalue weighted by atomic mass is 16.2. The number of fused-ring (bicyclic) bond motifs is 1. The quantitative estimate of drug-likeness (QED) is 0.869. The molecule has 2 heterocycles. The Morgan fingerprint density at radius 1 is 1.24 bits per heavy atom. The summed E-state index contributed by atoms with van der Waals surface area (Å²) in [5.41, 5.74) is 0.791. The van der Waals surface area contributed by atoms with E-state index < -0.39 is 5.54 Å². The van der Waals surface area contributed by atoms with Crippen LogP contribution in [0.5, 0.6) is 0 Å². The maximum absolute atomic E-state index is 12.6. The molecule has 1 fully saturated rings. The van der Waals surface area contributed by atoms with Gasteiger partial charge in [0.25, 0.3) is 5.91 Å². The van der Waals surface area contributed by atoms with Crippen LogP contribution in [0.1, 0.15) is 20.3 Å². The van der Waals surface area contributed by atoms with Crippen LogP contribution in [0.2, 0.25) is 0 Å². The first-order chi connectivity index (χ1) is 9.97. The van der Waals surface area contributed by atoms with Crippen LogP contribution in [0.4, 0.5) is 5.69 Å². The van der Waals surface area contributed by atoms with Crippen molar-refractivity contribution in [2.24, 2.45) is 0 Å². The summed E-state index contributed by atoms with van der Waals surface area (Å²) in [7, 11) is 0. The average molecular weight is 283 g/mol. The molecule has 1 saturated heterocycles. The van der Waals surface area contributed by atoms with Gasteiger partial charge < -0.3 is 10.2 Å². The third-order valence-corrected chi connectivity index (χ3v) is 3.69. The minimum absolute atomic E-state index is 0.0988. The molecule has 0 saturated carbocycles. The molecule has 1 aliphatic heterocycles. The molecule has 0 atom stereocenters. The van der Waals surface area contributed by atoms with Gasteiger partial charge >= 0.3 is 0 Å². The lowest BCUT2D eigenvalue weighted by Crippen LogP contribution is -2.53. The predicted octanol–water partition coefficient (Wildman–Crippen LogP) is 1.87. The smallest absolute Gasteiger partial charge is 0.252 e. The third-order valence-electron chi connectivity index (χ3n) is 3.69. The van der Waals surface area contributed by atoms with Crippen LogP contribution in [-0.4, -0.2) is 28.9 Å².